The van der Waals surface area contributed by atoms with Gasteiger partial charge in [0.05, 0.1) is 22.9 Å². The number of carbonyl (C=O) groups excluding carboxylic acids is 1. The minimum atomic E-state index is -0.180. The van der Waals surface area contributed by atoms with E-state index in [1.54, 1.807) is 36.0 Å². The SMILES string of the molecule is Cc1cc(C(=O)Cc2ccc3c(=O)[nH]cnc3c2)n(C)n1. The van der Waals surface area contributed by atoms with E-state index in [4.69, 9.17) is 0 Å². The molecule has 3 aromatic rings. The molecule has 0 aliphatic rings. The van der Waals surface area contributed by atoms with Gasteiger partial charge in [-0.05, 0) is 30.7 Å². The molecule has 0 aliphatic carbocycles. The number of benzene rings is 1. The van der Waals surface area contributed by atoms with E-state index in [0.717, 1.165) is 11.3 Å². The largest absolute Gasteiger partial charge is 0.313 e. The van der Waals surface area contributed by atoms with Crippen LogP contribution in [0.15, 0.2) is 35.4 Å². The lowest BCUT2D eigenvalue weighted by atomic mass is 10.1. The van der Waals surface area contributed by atoms with Crippen LogP contribution in [0.1, 0.15) is 21.7 Å². The molecule has 21 heavy (non-hydrogen) atoms. The number of rotatable bonds is 3. The summed E-state index contributed by atoms with van der Waals surface area (Å²) >= 11 is 0. The number of nitrogens with one attached hydrogen (secondary N) is 1. The van der Waals surface area contributed by atoms with Gasteiger partial charge in [-0.3, -0.25) is 14.3 Å². The molecule has 6 heteroatoms. The maximum Gasteiger partial charge on any atom is 0.258 e. The third-order valence-corrected chi connectivity index (χ3v) is 3.36. The van der Waals surface area contributed by atoms with E-state index < -0.39 is 0 Å². The van der Waals surface area contributed by atoms with Crippen LogP contribution in [0, 0.1) is 6.92 Å². The first-order chi connectivity index (χ1) is 10.0. The number of Topliss-reactive ketones (excluding diaryl/α,β-unsaturated/α-hetero) is 1. The molecule has 106 valence electrons. The Kier molecular flexibility index (Phi) is 3.13. The predicted molar refractivity (Wildman–Crippen MR) is 78.3 cm³/mol. The van der Waals surface area contributed by atoms with Crippen molar-refractivity contribution >= 4 is 16.7 Å². The summed E-state index contributed by atoms with van der Waals surface area (Å²) in [4.78, 5) is 30.6. The average molecular weight is 282 g/mol. The van der Waals surface area contributed by atoms with E-state index in [1.807, 2.05) is 6.92 Å². The molecule has 0 spiro atoms. The molecule has 0 aliphatic heterocycles. The molecule has 0 bridgehead atoms. The zero-order chi connectivity index (χ0) is 15.0. The standard InChI is InChI=1S/C15H14N4O2/c1-9-5-13(19(2)18-9)14(20)7-10-3-4-11-12(6-10)16-8-17-15(11)21/h3-6,8H,7H2,1-2H3,(H,16,17,21). The Balaban J connectivity index is 1.93. The van der Waals surface area contributed by atoms with Gasteiger partial charge in [-0.1, -0.05) is 6.07 Å². The van der Waals surface area contributed by atoms with Crippen molar-refractivity contribution in [2.24, 2.45) is 7.05 Å². The highest BCUT2D eigenvalue weighted by Crippen LogP contribution is 2.13. The Hall–Kier alpha value is -2.76. The Morgan fingerprint density at radius 1 is 1.33 bits per heavy atom. The van der Waals surface area contributed by atoms with Gasteiger partial charge in [0.2, 0.25) is 0 Å². The van der Waals surface area contributed by atoms with Crippen molar-refractivity contribution in [1.29, 1.82) is 0 Å². The van der Waals surface area contributed by atoms with Gasteiger partial charge >= 0.3 is 0 Å². The topological polar surface area (TPSA) is 80.6 Å². The summed E-state index contributed by atoms with van der Waals surface area (Å²) < 4.78 is 1.58. The third kappa shape index (κ3) is 2.47. The van der Waals surface area contributed by atoms with Crippen molar-refractivity contribution in [3.05, 3.63) is 57.9 Å². The maximum atomic E-state index is 12.3. The van der Waals surface area contributed by atoms with Gasteiger partial charge in [0.1, 0.15) is 5.69 Å². The van der Waals surface area contributed by atoms with Crippen molar-refractivity contribution in [2.75, 3.05) is 0 Å². The van der Waals surface area contributed by atoms with E-state index in [1.165, 1.54) is 6.33 Å². The second kappa shape index (κ2) is 4.97. The molecule has 6 nitrogen and oxygen atoms in total. The van der Waals surface area contributed by atoms with Gasteiger partial charge < -0.3 is 4.98 Å². The summed E-state index contributed by atoms with van der Waals surface area (Å²) in [6.45, 7) is 1.85. The number of aromatic nitrogens is 4. The van der Waals surface area contributed by atoms with Gasteiger partial charge in [-0.2, -0.15) is 5.10 Å². The minimum absolute atomic E-state index is 0.0118. The highest BCUT2D eigenvalue weighted by Gasteiger charge is 2.13. The summed E-state index contributed by atoms with van der Waals surface area (Å²) in [5, 5.41) is 4.69. The summed E-state index contributed by atoms with van der Waals surface area (Å²) in [7, 11) is 1.75. The second-order valence-electron chi connectivity index (χ2n) is 4.98. The fourth-order valence-corrected chi connectivity index (χ4v) is 2.37. The molecule has 3 rings (SSSR count). The summed E-state index contributed by atoms with van der Waals surface area (Å²) in [6.07, 6.45) is 1.62. The van der Waals surface area contributed by atoms with E-state index in [9.17, 15) is 9.59 Å². The summed E-state index contributed by atoms with van der Waals surface area (Å²) in [6, 6.07) is 7.01. The van der Waals surface area contributed by atoms with Crippen LogP contribution >= 0.6 is 0 Å². The van der Waals surface area contributed by atoms with Gasteiger partial charge in [0.25, 0.3) is 5.56 Å². The molecule has 0 saturated carbocycles. The Morgan fingerprint density at radius 2 is 2.14 bits per heavy atom. The van der Waals surface area contributed by atoms with Gasteiger partial charge in [0, 0.05) is 13.5 Å². The van der Waals surface area contributed by atoms with Crippen molar-refractivity contribution in [3.63, 3.8) is 0 Å². The number of hydrogen-bond donors (Lipinski definition) is 1. The van der Waals surface area contributed by atoms with Crippen LogP contribution in [-0.4, -0.2) is 25.5 Å². The molecule has 0 unspecified atom stereocenters. The lowest BCUT2D eigenvalue weighted by molar-refractivity contribution is 0.0984. The quantitative estimate of drug-likeness (QED) is 0.736. The molecular weight excluding hydrogens is 268 g/mol. The number of aromatic amines is 1. The molecule has 0 fully saturated rings. The van der Waals surface area contributed by atoms with Crippen LogP contribution in [0.3, 0.4) is 0 Å². The van der Waals surface area contributed by atoms with Crippen molar-refractivity contribution in [2.45, 2.75) is 13.3 Å². The number of hydrogen-bond acceptors (Lipinski definition) is 4. The molecule has 0 saturated heterocycles. The highest BCUT2D eigenvalue weighted by molar-refractivity contribution is 5.96. The van der Waals surface area contributed by atoms with Crippen LogP contribution in [0.25, 0.3) is 10.9 Å². The first-order valence-corrected chi connectivity index (χ1v) is 6.55. The minimum Gasteiger partial charge on any atom is -0.313 e. The molecular formula is C15H14N4O2. The fourth-order valence-electron chi connectivity index (χ4n) is 2.37. The first kappa shape index (κ1) is 13.2. The Bertz CT molecular complexity index is 892. The predicted octanol–water partition coefficient (Wildman–Crippen LogP) is 1.39. The molecule has 1 aromatic carbocycles. The smallest absolute Gasteiger partial charge is 0.258 e. The van der Waals surface area contributed by atoms with Gasteiger partial charge in [-0.15, -0.1) is 0 Å². The number of ketones is 1. The molecule has 2 heterocycles. The van der Waals surface area contributed by atoms with E-state index in [2.05, 4.69) is 15.1 Å². The fraction of sp³-hybridized carbons (Fsp3) is 0.200. The average Bonchev–Trinajstić information content (AvgIpc) is 2.78. The zero-order valence-electron chi connectivity index (χ0n) is 11.8. The highest BCUT2D eigenvalue weighted by atomic mass is 16.1. The van der Waals surface area contributed by atoms with Crippen LogP contribution in [0.2, 0.25) is 0 Å². The second-order valence-corrected chi connectivity index (χ2v) is 4.98. The number of H-pyrrole nitrogens is 1. The van der Waals surface area contributed by atoms with Crippen LogP contribution in [-0.2, 0) is 13.5 Å². The van der Waals surface area contributed by atoms with Crippen molar-refractivity contribution in [1.82, 2.24) is 19.7 Å². The monoisotopic (exact) mass is 282 g/mol. The lowest BCUT2D eigenvalue weighted by Crippen LogP contribution is -2.10. The Labute approximate surface area is 120 Å². The molecule has 1 N–H and O–H groups in total. The Morgan fingerprint density at radius 3 is 2.86 bits per heavy atom. The molecule has 0 radical (unpaired) electrons. The third-order valence-electron chi connectivity index (χ3n) is 3.36. The zero-order valence-corrected chi connectivity index (χ0v) is 11.8. The number of aryl methyl sites for hydroxylation is 2. The van der Waals surface area contributed by atoms with Crippen LogP contribution in [0.5, 0.6) is 0 Å². The van der Waals surface area contributed by atoms with Crippen molar-refractivity contribution < 1.29 is 4.79 Å². The summed E-state index contributed by atoms with van der Waals surface area (Å²) in [5.74, 6) is -0.0118. The van der Waals surface area contributed by atoms with Gasteiger partial charge in [-0.25, -0.2) is 4.98 Å². The maximum absolute atomic E-state index is 12.3. The molecule has 0 amide bonds. The lowest BCUT2D eigenvalue weighted by Gasteiger charge is -2.03. The van der Waals surface area contributed by atoms with E-state index >= 15 is 0 Å². The van der Waals surface area contributed by atoms with E-state index in [-0.39, 0.29) is 17.8 Å². The molecule has 0 atom stereocenters. The van der Waals surface area contributed by atoms with Gasteiger partial charge in [0.15, 0.2) is 5.78 Å². The molecule has 2 aromatic heterocycles. The first-order valence-electron chi connectivity index (χ1n) is 6.55. The summed E-state index contributed by atoms with van der Waals surface area (Å²) in [5.41, 5.74) is 2.62. The number of nitrogens with zero attached hydrogens (tertiary/aromatic N) is 3. The van der Waals surface area contributed by atoms with E-state index in [0.29, 0.717) is 16.6 Å². The van der Waals surface area contributed by atoms with Crippen molar-refractivity contribution in [3.8, 4) is 0 Å². The number of fused-ring (bicyclic) bond motifs is 1. The normalized spacial score (nSPS) is 11.0. The number of carbonyl (C=O) groups is 1. The van der Waals surface area contributed by atoms with Crippen LogP contribution < -0.4 is 5.56 Å². The van der Waals surface area contributed by atoms with Crippen LogP contribution in [0.4, 0.5) is 0 Å².